The summed E-state index contributed by atoms with van der Waals surface area (Å²) in [6, 6.07) is 13.7. The first-order valence-electron chi connectivity index (χ1n) is 10.7. The second kappa shape index (κ2) is 11.1. The second-order valence-electron chi connectivity index (χ2n) is 7.71. The van der Waals surface area contributed by atoms with Crippen LogP contribution in [0, 0.1) is 0 Å². The molecule has 0 saturated carbocycles. The van der Waals surface area contributed by atoms with Gasteiger partial charge in [-0.2, -0.15) is 0 Å². The first-order valence-corrected chi connectivity index (χ1v) is 11.8. The van der Waals surface area contributed by atoms with Crippen LogP contribution in [0.5, 0.6) is 17.2 Å². The van der Waals surface area contributed by atoms with Crippen molar-refractivity contribution in [2.45, 2.75) is 6.61 Å². The molecule has 3 aromatic carbocycles. The van der Waals surface area contributed by atoms with E-state index in [9.17, 15) is 14.4 Å². The van der Waals surface area contributed by atoms with E-state index in [1.54, 1.807) is 42.5 Å². The van der Waals surface area contributed by atoms with Crippen LogP contribution in [0.4, 0.5) is 10.5 Å². The summed E-state index contributed by atoms with van der Waals surface area (Å²) in [4.78, 5) is 39.2. The summed E-state index contributed by atoms with van der Waals surface area (Å²) in [5.74, 6) is -0.762. The number of nitrogens with one attached hydrogen (secondary N) is 1. The van der Waals surface area contributed by atoms with Crippen LogP contribution in [0.2, 0.25) is 15.1 Å². The number of halogens is 3. The SMILES string of the molecule is COc1cc(N2C(=O)NC(=O)/C(=C\c3ccc(OCc4ccc(Cl)cc4Cl)cc3)C2=O)c(OC)cc1Cl. The molecule has 0 bridgehead atoms. The van der Waals surface area contributed by atoms with Crippen molar-refractivity contribution in [1.29, 1.82) is 0 Å². The zero-order valence-electron chi connectivity index (χ0n) is 19.5. The molecule has 37 heavy (non-hydrogen) atoms. The molecular weight excluding hydrogens is 543 g/mol. The van der Waals surface area contributed by atoms with E-state index in [0.29, 0.717) is 21.4 Å². The smallest absolute Gasteiger partial charge is 0.336 e. The minimum Gasteiger partial charge on any atom is -0.495 e. The topological polar surface area (TPSA) is 94.2 Å². The Morgan fingerprint density at radius 3 is 2.22 bits per heavy atom. The third-order valence-electron chi connectivity index (χ3n) is 5.40. The second-order valence-corrected chi connectivity index (χ2v) is 8.96. The van der Waals surface area contributed by atoms with Crippen molar-refractivity contribution in [3.8, 4) is 17.2 Å². The fourth-order valence-corrected chi connectivity index (χ4v) is 4.22. The quantitative estimate of drug-likeness (QED) is 0.285. The normalized spacial score (nSPS) is 14.6. The van der Waals surface area contributed by atoms with Gasteiger partial charge in [0.05, 0.1) is 24.9 Å². The first kappa shape index (κ1) is 26.3. The third-order valence-corrected chi connectivity index (χ3v) is 6.28. The van der Waals surface area contributed by atoms with Gasteiger partial charge >= 0.3 is 6.03 Å². The predicted molar refractivity (Wildman–Crippen MR) is 141 cm³/mol. The number of anilines is 1. The lowest BCUT2D eigenvalue weighted by molar-refractivity contribution is -0.122. The van der Waals surface area contributed by atoms with Gasteiger partial charge in [0, 0.05) is 27.7 Å². The van der Waals surface area contributed by atoms with E-state index in [0.717, 1.165) is 10.5 Å². The van der Waals surface area contributed by atoms with Gasteiger partial charge in [0.1, 0.15) is 29.4 Å². The number of carbonyl (C=O) groups is 3. The standard InChI is InChI=1S/C26H19Cl3N2O6/c1-35-22-12-21(23(36-2)11-20(22)29)31-25(33)18(24(32)30-26(31)34)9-14-3-7-17(8-4-14)37-13-15-5-6-16(27)10-19(15)28/h3-12H,13H2,1-2H3,(H,30,32,34)/b18-9+. The van der Waals surface area contributed by atoms with Gasteiger partial charge in [-0.25, -0.2) is 9.69 Å². The number of ether oxygens (including phenoxy) is 3. The lowest BCUT2D eigenvalue weighted by Gasteiger charge is -2.28. The molecule has 0 spiro atoms. The molecule has 4 amide bonds. The molecule has 3 aromatic rings. The Kier molecular flexibility index (Phi) is 7.92. The molecule has 4 rings (SSSR count). The van der Waals surface area contributed by atoms with Crippen LogP contribution < -0.4 is 24.4 Å². The first-order chi connectivity index (χ1) is 17.7. The molecule has 0 atom stereocenters. The van der Waals surface area contributed by atoms with Gasteiger partial charge < -0.3 is 14.2 Å². The summed E-state index contributed by atoms with van der Waals surface area (Å²) in [7, 11) is 2.75. The minimum absolute atomic E-state index is 0.0641. The molecule has 1 heterocycles. The molecule has 0 aliphatic carbocycles. The number of amides is 4. The van der Waals surface area contributed by atoms with E-state index in [4.69, 9.17) is 49.0 Å². The van der Waals surface area contributed by atoms with Gasteiger partial charge in [0.2, 0.25) is 0 Å². The van der Waals surface area contributed by atoms with Crippen LogP contribution in [0.3, 0.4) is 0 Å². The van der Waals surface area contributed by atoms with Crippen molar-refractivity contribution in [3.05, 3.63) is 86.4 Å². The summed E-state index contributed by atoms with van der Waals surface area (Å²) in [6.45, 7) is 0.223. The monoisotopic (exact) mass is 560 g/mol. The largest absolute Gasteiger partial charge is 0.495 e. The number of hydrogen-bond acceptors (Lipinski definition) is 6. The Morgan fingerprint density at radius 1 is 0.865 bits per heavy atom. The van der Waals surface area contributed by atoms with Crippen molar-refractivity contribution in [1.82, 2.24) is 5.32 Å². The van der Waals surface area contributed by atoms with E-state index in [-0.39, 0.29) is 34.4 Å². The molecule has 190 valence electrons. The maximum Gasteiger partial charge on any atom is 0.336 e. The molecule has 1 fully saturated rings. The van der Waals surface area contributed by atoms with Crippen molar-refractivity contribution in [3.63, 3.8) is 0 Å². The van der Waals surface area contributed by atoms with Gasteiger partial charge in [-0.05, 0) is 35.9 Å². The zero-order chi connectivity index (χ0) is 26.7. The molecule has 11 heteroatoms. The summed E-state index contributed by atoms with van der Waals surface area (Å²) in [6.07, 6.45) is 1.37. The van der Waals surface area contributed by atoms with Gasteiger partial charge in [-0.15, -0.1) is 0 Å². The van der Waals surface area contributed by atoms with Crippen LogP contribution in [-0.4, -0.2) is 32.1 Å². The Bertz CT molecular complexity index is 1420. The van der Waals surface area contributed by atoms with E-state index in [1.807, 2.05) is 0 Å². The summed E-state index contributed by atoms with van der Waals surface area (Å²) in [5, 5.41) is 3.42. The molecule has 0 aromatic heterocycles. The maximum absolute atomic E-state index is 13.3. The third kappa shape index (κ3) is 5.67. The number of imide groups is 2. The molecule has 0 unspecified atom stereocenters. The van der Waals surface area contributed by atoms with Crippen molar-refractivity contribution in [2.24, 2.45) is 0 Å². The molecule has 1 saturated heterocycles. The van der Waals surface area contributed by atoms with Crippen LogP contribution in [0.15, 0.2) is 60.2 Å². The van der Waals surface area contributed by atoms with E-state index in [1.165, 1.54) is 32.4 Å². The predicted octanol–water partition coefficient (Wildman–Crippen LogP) is 5.91. The Balaban J connectivity index is 1.57. The Hall–Kier alpha value is -3.72. The minimum atomic E-state index is -0.931. The highest BCUT2D eigenvalue weighted by Crippen LogP contribution is 2.39. The van der Waals surface area contributed by atoms with Crippen LogP contribution in [-0.2, 0) is 16.2 Å². The summed E-state index contributed by atoms with van der Waals surface area (Å²) < 4.78 is 16.2. The van der Waals surface area contributed by atoms with Gasteiger partial charge in [0.15, 0.2) is 0 Å². The van der Waals surface area contributed by atoms with Gasteiger partial charge in [-0.1, -0.05) is 53.0 Å². The lowest BCUT2D eigenvalue weighted by atomic mass is 10.1. The highest BCUT2D eigenvalue weighted by molar-refractivity contribution is 6.40. The average molecular weight is 562 g/mol. The average Bonchev–Trinajstić information content (AvgIpc) is 2.87. The number of nitrogens with zero attached hydrogens (tertiary/aromatic N) is 1. The van der Waals surface area contributed by atoms with Crippen molar-refractivity contribution < 1.29 is 28.6 Å². The van der Waals surface area contributed by atoms with E-state index < -0.39 is 17.8 Å². The molecule has 0 radical (unpaired) electrons. The van der Waals surface area contributed by atoms with Gasteiger partial charge in [-0.3, -0.25) is 14.9 Å². The molecule has 8 nitrogen and oxygen atoms in total. The molecule has 1 aliphatic rings. The number of carbonyl (C=O) groups excluding carboxylic acids is 3. The number of urea groups is 1. The number of rotatable bonds is 7. The van der Waals surface area contributed by atoms with Gasteiger partial charge in [0.25, 0.3) is 11.8 Å². The lowest BCUT2D eigenvalue weighted by Crippen LogP contribution is -2.54. The fourth-order valence-electron chi connectivity index (χ4n) is 3.52. The Labute approximate surface area is 227 Å². The number of barbiturate groups is 1. The molecule has 1 N–H and O–H groups in total. The highest BCUT2D eigenvalue weighted by Gasteiger charge is 2.38. The number of benzene rings is 3. The highest BCUT2D eigenvalue weighted by atomic mass is 35.5. The number of methoxy groups -OCH3 is 2. The van der Waals surface area contributed by atoms with Crippen LogP contribution in [0.1, 0.15) is 11.1 Å². The summed E-state index contributed by atoms with van der Waals surface area (Å²) in [5.41, 5.74) is 1.11. The Morgan fingerprint density at radius 2 is 1.57 bits per heavy atom. The zero-order valence-corrected chi connectivity index (χ0v) is 21.8. The van der Waals surface area contributed by atoms with Crippen LogP contribution >= 0.6 is 34.8 Å². The molecular formula is C26H19Cl3N2O6. The van der Waals surface area contributed by atoms with E-state index >= 15 is 0 Å². The van der Waals surface area contributed by atoms with Crippen molar-refractivity contribution >= 4 is 64.4 Å². The van der Waals surface area contributed by atoms with Crippen LogP contribution in [0.25, 0.3) is 6.08 Å². The fraction of sp³-hybridized carbons (Fsp3) is 0.115. The number of hydrogen-bond donors (Lipinski definition) is 1. The molecule has 1 aliphatic heterocycles. The summed E-state index contributed by atoms with van der Waals surface area (Å²) >= 11 is 18.2. The van der Waals surface area contributed by atoms with Crippen molar-refractivity contribution in [2.75, 3.05) is 19.1 Å². The maximum atomic E-state index is 13.3. The van der Waals surface area contributed by atoms with E-state index in [2.05, 4.69) is 5.32 Å².